The van der Waals surface area contributed by atoms with Crippen LogP contribution in [0.1, 0.15) is 27.2 Å². The van der Waals surface area contributed by atoms with E-state index in [4.69, 9.17) is 0 Å². The standard InChI is InChI=1S/C11H22N2O/c1-9(2)6-7-13(5)8-12-11(14)10(3)4/h9H,3,6-8H2,1-2,4-5H3,(H,12,14). The summed E-state index contributed by atoms with van der Waals surface area (Å²) in [6, 6.07) is 0. The quantitative estimate of drug-likeness (QED) is 0.519. The Bertz CT molecular complexity index is 199. The normalized spacial score (nSPS) is 10.7. The van der Waals surface area contributed by atoms with Crippen LogP contribution in [-0.2, 0) is 4.79 Å². The first-order chi connectivity index (χ1) is 6.43. The van der Waals surface area contributed by atoms with Crippen molar-refractivity contribution >= 4 is 5.91 Å². The average Bonchev–Trinajstić information content (AvgIpc) is 2.10. The number of carbonyl (C=O) groups is 1. The lowest BCUT2D eigenvalue weighted by molar-refractivity contribution is -0.118. The van der Waals surface area contributed by atoms with Crippen molar-refractivity contribution in [3.8, 4) is 0 Å². The molecule has 0 radical (unpaired) electrons. The lowest BCUT2D eigenvalue weighted by Gasteiger charge is -2.18. The SMILES string of the molecule is C=C(C)C(=O)NCN(C)CCC(C)C. The molecule has 3 heteroatoms. The molecule has 0 aliphatic heterocycles. The second kappa shape index (κ2) is 6.60. The minimum Gasteiger partial charge on any atom is -0.340 e. The molecule has 0 aromatic carbocycles. The Labute approximate surface area is 87.2 Å². The zero-order valence-corrected chi connectivity index (χ0v) is 9.76. The van der Waals surface area contributed by atoms with Gasteiger partial charge in [0.2, 0.25) is 5.91 Å². The zero-order chi connectivity index (χ0) is 11.1. The van der Waals surface area contributed by atoms with E-state index < -0.39 is 0 Å². The summed E-state index contributed by atoms with van der Waals surface area (Å²) in [5.74, 6) is 0.635. The van der Waals surface area contributed by atoms with E-state index in [2.05, 4.69) is 30.6 Å². The molecular formula is C11H22N2O. The minimum absolute atomic E-state index is 0.0682. The van der Waals surface area contributed by atoms with Crippen LogP contribution in [0.15, 0.2) is 12.2 Å². The first-order valence-corrected chi connectivity index (χ1v) is 5.05. The van der Waals surface area contributed by atoms with Gasteiger partial charge in [0.25, 0.3) is 0 Å². The molecule has 0 spiro atoms. The van der Waals surface area contributed by atoms with Gasteiger partial charge in [0, 0.05) is 5.57 Å². The van der Waals surface area contributed by atoms with Gasteiger partial charge < -0.3 is 5.32 Å². The van der Waals surface area contributed by atoms with Gasteiger partial charge >= 0.3 is 0 Å². The van der Waals surface area contributed by atoms with Gasteiger partial charge in [0.15, 0.2) is 0 Å². The highest BCUT2D eigenvalue weighted by molar-refractivity contribution is 5.91. The second-order valence-corrected chi connectivity index (χ2v) is 4.21. The van der Waals surface area contributed by atoms with Crippen molar-refractivity contribution in [2.24, 2.45) is 5.92 Å². The minimum atomic E-state index is -0.0682. The molecule has 1 N–H and O–H groups in total. The molecule has 0 aromatic heterocycles. The van der Waals surface area contributed by atoms with Gasteiger partial charge in [0.1, 0.15) is 0 Å². The van der Waals surface area contributed by atoms with Crippen molar-refractivity contribution in [1.82, 2.24) is 10.2 Å². The molecule has 0 bridgehead atoms. The maximum Gasteiger partial charge on any atom is 0.247 e. The maximum absolute atomic E-state index is 11.1. The predicted octanol–water partition coefficient (Wildman–Crippen LogP) is 1.61. The van der Waals surface area contributed by atoms with Gasteiger partial charge in [-0.3, -0.25) is 9.69 Å². The number of nitrogens with one attached hydrogen (secondary N) is 1. The highest BCUT2D eigenvalue weighted by atomic mass is 16.1. The first kappa shape index (κ1) is 13.2. The molecule has 0 fully saturated rings. The number of carbonyl (C=O) groups excluding carboxylic acids is 1. The van der Waals surface area contributed by atoms with Crippen LogP contribution in [0.4, 0.5) is 0 Å². The highest BCUT2D eigenvalue weighted by Gasteiger charge is 2.03. The summed E-state index contributed by atoms with van der Waals surface area (Å²) < 4.78 is 0. The molecular weight excluding hydrogens is 176 g/mol. The predicted molar refractivity (Wildman–Crippen MR) is 59.9 cm³/mol. The summed E-state index contributed by atoms with van der Waals surface area (Å²) in [5.41, 5.74) is 0.558. The van der Waals surface area contributed by atoms with Crippen molar-refractivity contribution < 1.29 is 4.79 Å². The van der Waals surface area contributed by atoms with E-state index in [-0.39, 0.29) is 5.91 Å². The molecule has 0 saturated carbocycles. The number of rotatable bonds is 6. The fourth-order valence-corrected chi connectivity index (χ4v) is 0.915. The Hall–Kier alpha value is -0.830. The summed E-state index contributed by atoms with van der Waals surface area (Å²) in [7, 11) is 2.00. The first-order valence-electron chi connectivity index (χ1n) is 5.05. The van der Waals surface area contributed by atoms with E-state index in [0.717, 1.165) is 13.0 Å². The van der Waals surface area contributed by atoms with Crippen LogP contribution in [0.25, 0.3) is 0 Å². The summed E-state index contributed by atoms with van der Waals surface area (Å²) in [6.07, 6.45) is 1.15. The van der Waals surface area contributed by atoms with Crippen molar-refractivity contribution in [3.05, 3.63) is 12.2 Å². The van der Waals surface area contributed by atoms with Gasteiger partial charge in [-0.05, 0) is 32.9 Å². The molecule has 82 valence electrons. The van der Waals surface area contributed by atoms with Crippen molar-refractivity contribution in [1.29, 1.82) is 0 Å². The van der Waals surface area contributed by atoms with Gasteiger partial charge in [0.05, 0.1) is 6.67 Å². The van der Waals surface area contributed by atoms with Gasteiger partial charge in [-0.25, -0.2) is 0 Å². The van der Waals surface area contributed by atoms with Crippen LogP contribution >= 0.6 is 0 Å². The lowest BCUT2D eigenvalue weighted by Crippen LogP contribution is -2.36. The number of amides is 1. The van der Waals surface area contributed by atoms with E-state index >= 15 is 0 Å². The molecule has 0 unspecified atom stereocenters. The molecule has 14 heavy (non-hydrogen) atoms. The van der Waals surface area contributed by atoms with E-state index in [1.54, 1.807) is 6.92 Å². The van der Waals surface area contributed by atoms with E-state index in [1.165, 1.54) is 0 Å². The molecule has 0 aliphatic carbocycles. The Morgan fingerprint density at radius 1 is 1.50 bits per heavy atom. The van der Waals surface area contributed by atoms with Crippen LogP contribution in [0.2, 0.25) is 0 Å². The van der Waals surface area contributed by atoms with Crippen LogP contribution in [0.3, 0.4) is 0 Å². The Kier molecular flexibility index (Phi) is 6.21. The van der Waals surface area contributed by atoms with Crippen LogP contribution < -0.4 is 5.32 Å². The van der Waals surface area contributed by atoms with E-state index in [9.17, 15) is 4.79 Å². The Balaban J connectivity index is 3.58. The van der Waals surface area contributed by atoms with Gasteiger partial charge in [-0.15, -0.1) is 0 Å². The maximum atomic E-state index is 11.1. The van der Waals surface area contributed by atoms with Crippen molar-refractivity contribution in [2.45, 2.75) is 27.2 Å². The number of hydrogen-bond donors (Lipinski definition) is 1. The Morgan fingerprint density at radius 2 is 2.07 bits per heavy atom. The van der Waals surface area contributed by atoms with Crippen LogP contribution in [-0.4, -0.2) is 31.1 Å². The Morgan fingerprint density at radius 3 is 2.50 bits per heavy atom. The molecule has 0 rings (SSSR count). The van der Waals surface area contributed by atoms with E-state index in [0.29, 0.717) is 18.2 Å². The van der Waals surface area contributed by atoms with Crippen molar-refractivity contribution in [2.75, 3.05) is 20.3 Å². The number of hydrogen-bond acceptors (Lipinski definition) is 2. The lowest BCUT2D eigenvalue weighted by atomic mass is 10.1. The molecule has 0 aromatic rings. The van der Waals surface area contributed by atoms with Crippen LogP contribution in [0.5, 0.6) is 0 Å². The largest absolute Gasteiger partial charge is 0.340 e. The monoisotopic (exact) mass is 198 g/mol. The fourth-order valence-electron chi connectivity index (χ4n) is 0.915. The molecule has 0 saturated heterocycles. The smallest absolute Gasteiger partial charge is 0.247 e. The van der Waals surface area contributed by atoms with Crippen molar-refractivity contribution in [3.63, 3.8) is 0 Å². The third-order valence-electron chi connectivity index (χ3n) is 1.99. The molecule has 0 atom stereocenters. The molecule has 1 amide bonds. The van der Waals surface area contributed by atoms with E-state index in [1.807, 2.05) is 7.05 Å². The number of nitrogens with zero attached hydrogens (tertiary/aromatic N) is 1. The fraction of sp³-hybridized carbons (Fsp3) is 0.727. The molecule has 0 heterocycles. The van der Waals surface area contributed by atoms with Crippen LogP contribution in [0, 0.1) is 5.92 Å². The topological polar surface area (TPSA) is 32.3 Å². The summed E-state index contributed by atoms with van der Waals surface area (Å²) >= 11 is 0. The zero-order valence-electron chi connectivity index (χ0n) is 9.76. The van der Waals surface area contributed by atoms with Gasteiger partial charge in [-0.2, -0.15) is 0 Å². The highest BCUT2D eigenvalue weighted by Crippen LogP contribution is 1.99. The summed E-state index contributed by atoms with van der Waals surface area (Å²) in [6.45, 7) is 11.3. The molecule has 0 aliphatic rings. The average molecular weight is 198 g/mol. The third kappa shape index (κ3) is 6.66. The molecule has 3 nitrogen and oxygen atoms in total. The third-order valence-corrected chi connectivity index (χ3v) is 1.99. The second-order valence-electron chi connectivity index (χ2n) is 4.21. The van der Waals surface area contributed by atoms with Gasteiger partial charge in [-0.1, -0.05) is 20.4 Å². The summed E-state index contributed by atoms with van der Waals surface area (Å²) in [4.78, 5) is 13.2. The summed E-state index contributed by atoms with van der Waals surface area (Å²) in [5, 5.41) is 2.79.